The molecule has 3 rings (SSSR count). The molecule has 98 valence electrons. The Hall–Kier alpha value is -1.43. The third-order valence-electron chi connectivity index (χ3n) is 4.02. The number of primary amides is 1. The van der Waals surface area contributed by atoms with Crippen LogP contribution in [-0.4, -0.2) is 32.1 Å². The van der Waals surface area contributed by atoms with Crippen molar-refractivity contribution in [1.82, 2.24) is 15.0 Å². The topological polar surface area (TPSA) is 94.0 Å². The Bertz CT molecular complexity index is 463. The molecule has 6 heteroatoms. The quantitative estimate of drug-likeness (QED) is 0.791. The first-order valence-corrected chi connectivity index (χ1v) is 6.58. The average molecular weight is 250 g/mol. The molecule has 2 saturated carbocycles. The number of nitrogens with zero attached hydrogens (tertiary/aromatic N) is 3. The maximum Gasteiger partial charge on any atom is 0.271 e. The number of nitrogens with two attached hydrogens (primary N) is 1. The van der Waals surface area contributed by atoms with Gasteiger partial charge in [-0.3, -0.25) is 4.79 Å². The first-order valence-electron chi connectivity index (χ1n) is 6.58. The molecule has 0 saturated heterocycles. The van der Waals surface area contributed by atoms with Gasteiger partial charge in [0.15, 0.2) is 5.69 Å². The Morgan fingerprint density at radius 3 is 2.67 bits per heavy atom. The molecule has 6 nitrogen and oxygen atoms in total. The van der Waals surface area contributed by atoms with Gasteiger partial charge in [0.1, 0.15) is 0 Å². The summed E-state index contributed by atoms with van der Waals surface area (Å²) < 4.78 is 1.69. The molecule has 2 fully saturated rings. The van der Waals surface area contributed by atoms with Gasteiger partial charge >= 0.3 is 0 Å². The van der Waals surface area contributed by atoms with Gasteiger partial charge in [-0.2, -0.15) is 0 Å². The second-order valence-electron chi connectivity index (χ2n) is 5.40. The summed E-state index contributed by atoms with van der Waals surface area (Å²) in [5, 5.41) is 17.9. The molecule has 2 aliphatic carbocycles. The Morgan fingerprint density at radius 2 is 2.17 bits per heavy atom. The van der Waals surface area contributed by atoms with Crippen molar-refractivity contribution < 1.29 is 9.90 Å². The maximum absolute atomic E-state index is 11.4. The fourth-order valence-electron chi connectivity index (χ4n) is 2.52. The number of rotatable bonds is 5. The number of carbonyl (C=O) groups excluding carboxylic acids is 1. The van der Waals surface area contributed by atoms with Crippen molar-refractivity contribution in [3.05, 3.63) is 11.4 Å². The zero-order valence-corrected chi connectivity index (χ0v) is 10.2. The van der Waals surface area contributed by atoms with Crippen LogP contribution in [0.15, 0.2) is 0 Å². The molecule has 1 heterocycles. The minimum absolute atomic E-state index is 0.280. The summed E-state index contributed by atoms with van der Waals surface area (Å²) in [5.41, 5.74) is 6.44. The lowest BCUT2D eigenvalue weighted by Crippen LogP contribution is -2.25. The lowest BCUT2D eigenvalue weighted by Gasteiger charge is -2.26. The van der Waals surface area contributed by atoms with Crippen LogP contribution in [0.4, 0.5) is 0 Å². The summed E-state index contributed by atoms with van der Waals surface area (Å²) in [5.74, 6) is 0.193. The van der Waals surface area contributed by atoms with Crippen LogP contribution >= 0.6 is 0 Å². The Kier molecular flexibility index (Phi) is 2.81. The maximum atomic E-state index is 11.4. The second kappa shape index (κ2) is 4.35. The van der Waals surface area contributed by atoms with Crippen LogP contribution in [0, 0.1) is 5.92 Å². The van der Waals surface area contributed by atoms with Gasteiger partial charge < -0.3 is 10.8 Å². The lowest BCUT2D eigenvalue weighted by atomic mass is 9.82. The molecule has 1 unspecified atom stereocenters. The van der Waals surface area contributed by atoms with Crippen LogP contribution in [0.25, 0.3) is 0 Å². The molecule has 1 atom stereocenters. The van der Waals surface area contributed by atoms with Gasteiger partial charge in [0.05, 0.1) is 18.3 Å². The lowest BCUT2D eigenvalue weighted by molar-refractivity contribution is 0.0992. The van der Waals surface area contributed by atoms with Gasteiger partial charge in [-0.1, -0.05) is 11.6 Å². The van der Waals surface area contributed by atoms with Crippen LogP contribution < -0.4 is 5.73 Å². The smallest absolute Gasteiger partial charge is 0.271 e. The van der Waals surface area contributed by atoms with Crippen LogP contribution in [0.5, 0.6) is 0 Å². The predicted octanol–water partition coefficient (Wildman–Crippen LogP) is 0.415. The number of hydrogen-bond donors (Lipinski definition) is 2. The van der Waals surface area contributed by atoms with E-state index in [1.807, 2.05) is 0 Å². The van der Waals surface area contributed by atoms with Crippen molar-refractivity contribution in [3.8, 4) is 0 Å². The van der Waals surface area contributed by atoms with Crippen LogP contribution in [0.3, 0.4) is 0 Å². The highest BCUT2D eigenvalue weighted by Gasteiger charge is 2.34. The normalized spacial score (nSPS) is 21.6. The number of hydrogen-bond acceptors (Lipinski definition) is 4. The zero-order valence-electron chi connectivity index (χ0n) is 10.2. The van der Waals surface area contributed by atoms with Crippen molar-refractivity contribution in [1.29, 1.82) is 0 Å². The molecule has 1 aromatic heterocycles. The van der Waals surface area contributed by atoms with Gasteiger partial charge in [0.25, 0.3) is 5.91 Å². The first-order chi connectivity index (χ1) is 8.66. The highest BCUT2D eigenvalue weighted by molar-refractivity contribution is 5.92. The van der Waals surface area contributed by atoms with Crippen LogP contribution in [0.1, 0.15) is 54.2 Å². The SMILES string of the molecule is NC(=O)c1nnn(CC(O)C2CC2)c1C1CCC1. The molecule has 0 aromatic carbocycles. The first kappa shape index (κ1) is 11.6. The van der Waals surface area contributed by atoms with Crippen molar-refractivity contribution >= 4 is 5.91 Å². The average Bonchev–Trinajstić information content (AvgIpc) is 3.01. The zero-order chi connectivity index (χ0) is 12.7. The van der Waals surface area contributed by atoms with Crippen molar-refractivity contribution in [2.24, 2.45) is 11.7 Å². The Balaban J connectivity index is 1.85. The largest absolute Gasteiger partial charge is 0.391 e. The second-order valence-corrected chi connectivity index (χ2v) is 5.40. The highest BCUT2D eigenvalue weighted by atomic mass is 16.3. The summed E-state index contributed by atoms with van der Waals surface area (Å²) in [6.45, 7) is 0.427. The number of aliphatic hydroxyl groups is 1. The van der Waals surface area contributed by atoms with E-state index in [0.717, 1.165) is 31.4 Å². The predicted molar refractivity (Wildman–Crippen MR) is 63.9 cm³/mol. The minimum atomic E-state index is -0.524. The molecule has 1 aromatic rings. The Labute approximate surface area is 105 Å². The van der Waals surface area contributed by atoms with Crippen molar-refractivity contribution in [2.45, 2.75) is 50.7 Å². The molecule has 18 heavy (non-hydrogen) atoms. The van der Waals surface area contributed by atoms with Crippen molar-refractivity contribution in [2.75, 3.05) is 0 Å². The van der Waals surface area contributed by atoms with E-state index in [9.17, 15) is 9.90 Å². The fourth-order valence-corrected chi connectivity index (χ4v) is 2.52. The highest BCUT2D eigenvalue weighted by Crippen LogP contribution is 2.38. The van der Waals surface area contributed by atoms with Crippen LogP contribution in [0.2, 0.25) is 0 Å². The number of amides is 1. The number of carbonyl (C=O) groups is 1. The fraction of sp³-hybridized carbons (Fsp3) is 0.750. The summed E-state index contributed by atoms with van der Waals surface area (Å²) >= 11 is 0. The van der Waals surface area contributed by atoms with E-state index < -0.39 is 5.91 Å². The molecule has 2 aliphatic rings. The third-order valence-corrected chi connectivity index (χ3v) is 4.02. The monoisotopic (exact) mass is 250 g/mol. The number of aliphatic hydroxyl groups excluding tert-OH is 1. The van der Waals surface area contributed by atoms with E-state index in [2.05, 4.69) is 10.3 Å². The van der Waals surface area contributed by atoms with Gasteiger partial charge in [0, 0.05) is 5.92 Å². The number of aromatic nitrogens is 3. The van der Waals surface area contributed by atoms with E-state index in [0.29, 0.717) is 18.4 Å². The molecule has 0 aliphatic heterocycles. The molecule has 0 bridgehead atoms. The van der Waals surface area contributed by atoms with Crippen molar-refractivity contribution in [3.63, 3.8) is 0 Å². The summed E-state index contributed by atoms with van der Waals surface area (Å²) in [6.07, 6.45) is 5.04. The van der Waals surface area contributed by atoms with Gasteiger partial charge in [-0.15, -0.1) is 5.10 Å². The minimum Gasteiger partial charge on any atom is -0.391 e. The van der Waals surface area contributed by atoms with E-state index >= 15 is 0 Å². The Morgan fingerprint density at radius 1 is 1.44 bits per heavy atom. The molecular weight excluding hydrogens is 232 g/mol. The molecule has 0 radical (unpaired) electrons. The third kappa shape index (κ3) is 2.01. The molecule has 3 N–H and O–H groups in total. The molecular formula is C12H18N4O2. The van der Waals surface area contributed by atoms with E-state index in [4.69, 9.17) is 5.73 Å². The van der Waals surface area contributed by atoms with Gasteiger partial charge in [0.2, 0.25) is 0 Å². The van der Waals surface area contributed by atoms with E-state index in [-0.39, 0.29) is 11.8 Å². The van der Waals surface area contributed by atoms with E-state index in [1.165, 1.54) is 6.42 Å². The van der Waals surface area contributed by atoms with Crippen LogP contribution in [-0.2, 0) is 6.54 Å². The van der Waals surface area contributed by atoms with Gasteiger partial charge in [-0.25, -0.2) is 4.68 Å². The summed E-state index contributed by atoms with van der Waals surface area (Å²) in [4.78, 5) is 11.4. The standard InChI is InChI=1S/C12H18N4O2/c13-12(18)10-11(8-2-1-3-8)16(15-14-10)6-9(17)7-4-5-7/h7-9,17H,1-6H2,(H2,13,18). The van der Waals surface area contributed by atoms with E-state index in [1.54, 1.807) is 4.68 Å². The molecule has 1 amide bonds. The summed E-state index contributed by atoms with van der Waals surface area (Å²) in [7, 11) is 0. The summed E-state index contributed by atoms with van der Waals surface area (Å²) in [6, 6.07) is 0. The molecule has 0 spiro atoms. The van der Waals surface area contributed by atoms with Gasteiger partial charge in [-0.05, 0) is 31.6 Å².